The van der Waals surface area contributed by atoms with Gasteiger partial charge in [-0.05, 0) is 24.3 Å². The van der Waals surface area contributed by atoms with E-state index in [1.807, 2.05) is 61.5 Å². The summed E-state index contributed by atoms with van der Waals surface area (Å²) in [5, 5.41) is 8.38. The fourth-order valence-electron chi connectivity index (χ4n) is 2.26. The van der Waals surface area contributed by atoms with E-state index in [0.29, 0.717) is 5.39 Å². The van der Waals surface area contributed by atoms with E-state index in [1.54, 1.807) is 11.5 Å². The van der Waals surface area contributed by atoms with E-state index in [9.17, 15) is 9.59 Å². The molecule has 0 bridgehead atoms. The van der Waals surface area contributed by atoms with Gasteiger partial charge in [0.1, 0.15) is 5.82 Å². The van der Waals surface area contributed by atoms with Gasteiger partial charge < -0.3 is 5.11 Å². The third kappa shape index (κ3) is 3.87. The number of aromatic nitrogens is 2. The molecule has 0 aliphatic heterocycles. The Morgan fingerprint density at radius 1 is 1.04 bits per heavy atom. The summed E-state index contributed by atoms with van der Waals surface area (Å²) in [5.74, 6) is 0.0416. The van der Waals surface area contributed by atoms with Crippen LogP contribution in [0.5, 0.6) is 0 Å². The van der Waals surface area contributed by atoms with E-state index in [2.05, 4.69) is 4.98 Å². The monoisotopic (exact) mass is 324 g/mol. The predicted octanol–water partition coefficient (Wildman–Crippen LogP) is 3.43. The second-order valence-electron chi connectivity index (χ2n) is 5.12. The lowest BCUT2D eigenvalue weighted by molar-refractivity contribution is -0.136. The number of hydrogen-bond donors (Lipinski definition) is 1. The number of carboxylic acid groups (broad SMARTS) is 1. The molecule has 1 aromatic heterocycles. The van der Waals surface area contributed by atoms with E-state index in [1.165, 1.54) is 0 Å². The highest BCUT2D eigenvalue weighted by atomic mass is 16.4. The van der Waals surface area contributed by atoms with E-state index in [0.717, 1.165) is 23.4 Å². The van der Waals surface area contributed by atoms with Crippen LogP contribution in [0.1, 0.15) is 26.1 Å². The number of carbonyl (C=O) groups is 1. The Labute approximate surface area is 140 Å². The highest BCUT2D eigenvalue weighted by Gasteiger charge is 2.10. The Hall–Kier alpha value is -2.95. The normalized spacial score (nSPS) is 10.1. The van der Waals surface area contributed by atoms with Crippen LogP contribution in [0.4, 0.5) is 0 Å². The van der Waals surface area contributed by atoms with Crippen LogP contribution in [0.25, 0.3) is 16.6 Å². The summed E-state index contributed by atoms with van der Waals surface area (Å²) in [5.41, 5.74) is 1.62. The van der Waals surface area contributed by atoms with Gasteiger partial charge in [-0.2, -0.15) is 0 Å². The number of benzene rings is 2. The summed E-state index contributed by atoms with van der Waals surface area (Å²) >= 11 is 0. The summed E-state index contributed by atoms with van der Waals surface area (Å²) in [4.78, 5) is 26.6. The third-order valence-corrected chi connectivity index (χ3v) is 3.48. The smallest absolute Gasteiger partial charge is 0.303 e. The minimum absolute atomic E-state index is 0.00588. The van der Waals surface area contributed by atoms with Crippen molar-refractivity contribution in [3.63, 3.8) is 0 Å². The summed E-state index contributed by atoms with van der Waals surface area (Å²) in [6, 6.07) is 17.1. The molecule has 3 aromatic rings. The van der Waals surface area contributed by atoms with Gasteiger partial charge in [0, 0.05) is 12.8 Å². The predicted molar refractivity (Wildman–Crippen MR) is 94.6 cm³/mol. The van der Waals surface area contributed by atoms with E-state index < -0.39 is 5.97 Å². The maximum absolute atomic E-state index is 12.6. The van der Waals surface area contributed by atoms with Gasteiger partial charge in [0.15, 0.2) is 0 Å². The Morgan fingerprint density at radius 3 is 2.21 bits per heavy atom. The first-order valence-electron chi connectivity index (χ1n) is 7.86. The van der Waals surface area contributed by atoms with Crippen molar-refractivity contribution < 1.29 is 9.90 Å². The topological polar surface area (TPSA) is 72.2 Å². The van der Waals surface area contributed by atoms with Gasteiger partial charge in [-0.1, -0.05) is 44.2 Å². The molecule has 0 amide bonds. The molecular weight excluding hydrogens is 304 g/mol. The SMILES string of the molecule is CCC(=O)O.CCc1nc2ccccc2c(=O)n1-c1ccccc1. The minimum Gasteiger partial charge on any atom is -0.481 e. The molecule has 0 fully saturated rings. The molecule has 0 aliphatic rings. The molecule has 24 heavy (non-hydrogen) atoms. The summed E-state index contributed by atoms with van der Waals surface area (Å²) in [6.45, 7) is 3.61. The molecule has 124 valence electrons. The average Bonchev–Trinajstić information content (AvgIpc) is 2.62. The van der Waals surface area contributed by atoms with Crippen LogP contribution < -0.4 is 5.56 Å². The molecule has 0 atom stereocenters. The van der Waals surface area contributed by atoms with Crippen molar-refractivity contribution in [2.75, 3.05) is 0 Å². The largest absolute Gasteiger partial charge is 0.481 e. The van der Waals surface area contributed by atoms with Crippen molar-refractivity contribution in [3.05, 3.63) is 70.8 Å². The number of fused-ring (bicyclic) bond motifs is 1. The maximum atomic E-state index is 12.6. The van der Waals surface area contributed by atoms with Crippen LogP contribution in [0.2, 0.25) is 0 Å². The van der Waals surface area contributed by atoms with Gasteiger partial charge in [-0.15, -0.1) is 0 Å². The highest BCUT2D eigenvalue weighted by Crippen LogP contribution is 2.12. The molecule has 0 unspecified atom stereocenters. The maximum Gasteiger partial charge on any atom is 0.303 e. The van der Waals surface area contributed by atoms with Gasteiger partial charge >= 0.3 is 5.97 Å². The molecule has 0 spiro atoms. The van der Waals surface area contributed by atoms with Crippen LogP contribution >= 0.6 is 0 Å². The molecule has 0 aliphatic carbocycles. The van der Waals surface area contributed by atoms with Crippen LogP contribution in [0.15, 0.2) is 59.4 Å². The molecule has 5 nitrogen and oxygen atoms in total. The molecule has 2 aromatic carbocycles. The van der Waals surface area contributed by atoms with Crippen molar-refractivity contribution in [2.45, 2.75) is 26.7 Å². The minimum atomic E-state index is -0.745. The molecule has 1 heterocycles. The zero-order chi connectivity index (χ0) is 17.5. The number of hydrogen-bond acceptors (Lipinski definition) is 3. The number of nitrogens with zero attached hydrogens (tertiary/aromatic N) is 2. The molecular formula is C19H20N2O3. The van der Waals surface area contributed by atoms with Crippen molar-refractivity contribution in [1.82, 2.24) is 9.55 Å². The third-order valence-electron chi connectivity index (χ3n) is 3.48. The lowest BCUT2D eigenvalue weighted by Crippen LogP contribution is -2.23. The number of aliphatic carboxylic acids is 1. The highest BCUT2D eigenvalue weighted by molar-refractivity contribution is 5.77. The summed E-state index contributed by atoms with van der Waals surface area (Å²) in [6.07, 6.45) is 0.939. The van der Waals surface area contributed by atoms with E-state index in [-0.39, 0.29) is 12.0 Å². The first kappa shape index (κ1) is 17.4. The number of carboxylic acids is 1. The van der Waals surface area contributed by atoms with Gasteiger partial charge in [0.25, 0.3) is 5.56 Å². The zero-order valence-corrected chi connectivity index (χ0v) is 13.8. The molecule has 3 rings (SSSR count). The first-order chi connectivity index (χ1) is 11.6. The van der Waals surface area contributed by atoms with Crippen LogP contribution in [0.3, 0.4) is 0 Å². The Kier molecular flexibility index (Phi) is 5.84. The molecule has 5 heteroatoms. The van der Waals surface area contributed by atoms with Crippen molar-refractivity contribution in [2.24, 2.45) is 0 Å². The van der Waals surface area contributed by atoms with E-state index in [4.69, 9.17) is 5.11 Å². The fraction of sp³-hybridized carbons (Fsp3) is 0.211. The van der Waals surface area contributed by atoms with Crippen molar-refractivity contribution >= 4 is 16.9 Å². The fourth-order valence-corrected chi connectivity index (χ4v) is 2.26. The van der Waals surface area contributed by atoms with Crippen LogP contribution in [-0.2, 0) is 11.2 Å². The van der Waals surface area contributed by atoms with Gasteiger partial charge in [-0.25, -0.2) is 4.98 Å². The summed E-state index contributed by atoms with van der Waals surface area (Å²) in [7, 11) is 0. The molecule has 0 saturated carbocycles. The van der Waals surface area contributed by atoms with E-state index >= 15 is 0 Å². The standard InChI is InChI=1S/C16H14N2O.C3H6O2/c1-2-15-17-14-11-7-6-10-13(14)16(19)18(15)12-8-4-3-5-9-12;1-2-3(4)5/h3-11H,2H2,1H3;2H2,1H3,(H,4,5). The zero-order valence-electron chi connectivity index (χ0n) is 13.8. The first-order valence-corrected chi connectivity index (χ1v) is 7.86. The van der Waals surface area contributed by atoms with Gasteiger partial charge in [0.05, 0.1) is 16.6 Å². The Morgan fingerprint density at radius 2 is 1.62 bits per heavy atom. The number of para-hydroxylation sites is 2. The number of rotatable bonds is 3. The Balaban J connectivity index is 0.000000368. The lowest BCUT2D eigenvalue weighted by atomic mass is 10.2. The molecule has 1 N–H and O–H groups in total. The summed E-state index contributed by atoms with van der Waals surface area (Å²) < 4.78 is 1.70. The van der Waals surface area contributed by atoms with Crippen LogP contribution in [-0.4, -0.2) is 20.6 Å². The average molecular weight is 324 g/mol. The number of aryl methyl sites for hydroxylation is 1. The Bertz CT molecular complexity index is 886. The lowest BCUT2D eigenvalue weighted by Gasteiger charge is -2.12. The quantitative estimate of drug-likeness (QED) is 0.801. The van der Waals surface area contributed by atoms with Gasteiger partial charge in [0.2, 0.25) is 0 Å². The van der Waals surface area contributed by atoms with Gasteiger partial charge in [-0.3, -0.25) is 14.2 Å². The van der Waals surface area contributed by atoms with Crippen molar-refractivity contribution in [1.29, 1.82) is 0 Å². The van der Waals surface area contributed by atoms with Crippen molar-refractivity contribution in [3.8, 4) is 5.69 Å². The van der Waals surface area contributed by atoms with Crippen LogP contribution in [0, 0.1) is 0 Å². The second kappa shape index (κ2) is 8.06. The second-order valence-corrected chi connectivity index (χ2v) is 5.12. The molecule has 0 radical (unpaired) electrons. The molecule has 0 saturated heterocycles.